The van der Waals surface area contributed by atoms with Crippen LogP contribution in [-0.4, -0.2) is 24.1 Å². The fourth-order valence-electron chi connectivity index (χ4n) is 2.62. The third-order valence-electron chi connectivity index (χ3n) is 3.99. The van der Waals surface area contributed by atoms with Crippen molar-refractivity contribution < 1.29 is 4.74 Å². The first kappa shape index (κ1) is 19.7. The number of ether oxygens (including phenoxy) is 1. The van der Waals surface area contributed by atoms with Gasteiger partial charge >= 0.3 is 0 Å². The monoisotopic (exact) mass is 445 g/mol. The maximum Gasteiger partial charge on any atom is 0.258 e. The summed E-state index contributed by atoms with van der Waals surface area (Å²) >= 11 is 8.79. The molecular formula is C19H16ClN5O2S2. The molecule has 29 heavy (non-hydrogen) atoms. The van der Waals surface area contributed by atoms with E-state index in [1.165, 1.54) is 27.5 Å². The van der Waals surface area contributed by atoms with E-state index in [9.17, 15) is 4.79 Å². The van der Waals surface area contributed by atoms with Gasteiger partial charge in [-0.15, -0.1) is 28.1 Å². The van der Waals surface area contributed by atoms with Crippen molar-refractivity contribution in [2.24, 2.45) is 0 Å². The van der Waals surface area contributed by atoms with E-state index < -0.39 is 0 Å². The molecule has 0 saturated heterocycles. The zero-order valence-corrected chi connectivity index (χ0v) is 17.6. The van der Waals surface area contributed by atoms with Crippen LogP contribution in [0.15, 0.2) is 64.5 Å². The van der Waals surface area contributed by atoms with Crippen LogP contribution in [-0.2, 0) is 18.9 Å². The predicted octanol–water partition coefficient (Wildman–Crippen LogP) is 4.06. The van der Waals surface area contributed by atoms with Gasteiger partial charge < -0.3 is 4.74 Å². The van der Waals surface area contributed by atoms with E-state index in [4.69, 9.17) is 16.3 Å². The highest BCUT2D eigenvalue weighted by Gasteiger charge is 2.14. The minimum atomic E-state index is -0.0866. The number of halogens is 1. The largest absolute Gasteiger partial charge is 0.486 e. The molecule has 0 aliphatic heterocycles. The summed E-state index contributed by atoms with van der Waals surface area (Å²) in [4.78, 5) is 17.3. The molecule has 0 radical (unpaired) electrons. The Morgan fingerprint density at radius 2 is 2.10 bits per heavy atom. The van der Waals surface area contributed by atoms with Crippen LogP contribution in [0.3, 0.4) is 0 Å². The summed E-state index contributed by atoms with van der Waals surface area (Å²) in [6.07, 6.45) is 3.50. The van der Waals surface area contributed by atoms with Gasteiger partial charge in [0.25, 0.3) is 5.56 Å². The topological polar surface area (TPSA) is 74.3 Å². The molecule has 10 heteroatoms. The number of nitrogens with zero attached hydrogens (tertiary/aromatic N) is 5. The van der Waals surface area contributed by atoms with Crippen LogP contribution in [0.1, 0.15) is 11.5 Å². The van der Waals surface area contributed by atoms with Crippen molar-refractivity contribution in [3.8, 4) is 5.75 Å². The Balaban J connectivity index is 1.48. The third kappa shape index (κ3) is 4.52. The highest BCUT2D eigenvalue weighted by Crippen LogP contribution is 2.23. The van der Waals surface area contributed by atoms with Crippen LogP contribution in [0.25, 0.3) is 4.96 Å². The first-order valence-corrected chi connectivity index (χ1v) is 10.9. The molecule has 7 nitrogen and oxygen atoms in total. The number of hydrogen-bond donors (Lipinski definition) is 0. The zero-order chi connectivity index (χ0) is 20.2. The quantitative estimate of drug-likeness (QED) is 0.301. The van der Waals surface area contributed by atoms with Crippen LogP contribution < -0.4 is 10.3 Å². The Hall–Kier alpha value is -2.62. The summed E-state index contributed by atoms with van der Waals surface area (Å²) < 4.78 is 9.25. The molecule has 0 aliphatic rings. The van der Waals surface area contributed by atoms with E-state index in [2.05, 4.69) is 21.8 Å². The molecule has 1 aromatic carbocycles. The average molecular weight is 446 g/mol. The Morgan fingerprint density at radius 1 is 1.28 bits per heavy atom. The van der Waals surface area contributed by atoms with Gasteiger partial charge in [-0.05, 0) is 24.3 Å². The van der Waals surface area contributed by atoms with Gasteiger partial charge in [-0.1, -0.05) is 29.4 Å². The number of benzene rings is 1. The third-order valence-corrected chi connectivity index (χ3v) is 6.00. The van der Waals surface area contributed by atoms with Crippen LogP contribution in [0.5, 0.6) is 5.75 Å². The summed E-state index contributed by atoms with van der Waals surface area (Å²) in [6, 6.07) is 8.69. The van der Waals surface area contributed by atoms with Crippen LogP contribution >= 0.6 is 34.7 Å². The first-order valence-electron chi connectivity index (χ1n) is 8.64. The average Bonchev–Trinajstić information content (AvgIpc) is 3.34. The standard InChI is InChI=1S/C19H16ClN5O2S2/c1-2-7-24-16(11-27-15-5-3-13(20)4-6-15)22-23-19(24)29-12-14-10-17(26)25-8-9-28-18(25)21-14/h2-6,8-10H,1,7,11-12H2. The van der Waals surface area contributed by atoms with Crippen molar-refractivity contribution in [2.45, 2.75) is 24.1 Å². The summed E-state index contributed by atoms with van der Waals surface area (Å²) in [7, 11) is 0. The molecule has 0 bridgehead atoms. The Kier molecular flexibility index (Phi) is 5.98. The Labute approximate surface area is 179 Å². The lowest BCUT2D eigenvalue weighted by atomic mass is 10.3. The van der Waals surface area contributed by atoms with Gasteiger partial charge in [-0.2, -0.15) is 0 Å². The highest BCUT2D eigenvalue weighted by molar-refractivity contribution is 7.98. The first-order chi connectivity index (χ1) is 14.1. The van der Waals surface area contributed by atoms with E-state index in [1.807, 2.05) is 9.95 Å². The van der Waals surface area contributed by atoms with Crippen LogP contribution in [0.4, 0.5) is 0 Å². The van der Waals surface area contributed by atoms with Crippen LogP contribution in [0, 0.1) is 0 Å². The molecule has 0 unspecified atom stereocenters. The summed E-state index contributed by atoms with van der Waals surface area (Å²) in [5.41, 5.74) is 0.617. The van der Waals surface area contributed by atoms with E-state index in [0.29, 0.717) is 44.7 Å². The lowest BCUT2D eigenvalue weighted by Gasteiger charge is -2.09. The molecule has 0 amide bonds. The molecule has 0 N–H and O–H groups in total. The summed E-state index contributed by atoms with van der Waals surface area (Å²) in [5, 5.41) is 11.7. The Morgan fingerprint density at radius 3 is 2.90 bits per heavy atom. The van der Waals surface area contributed by atoms with E-state index in [1.54, 1.807) is 42.6 Å². The fourth-order valence-corrected chi connectivity index (χ4v) is 4.35. The van der Waals surface area contributed by atoms with Crippen LogP contribution in [0.2, 0.25) is 5.02 Å². The number of thiazole rings is 1. The van der Waals surface area contributed by atoms with Gasteiger partial charge in [0.05, 0.1) is 5.69 Å². The Bertz CT molecular complexity index is 1200. The predicted molar refractivity (Wildman–Crippen MR) is 115 cm³/mol. The maximum atomic E-state index is 12.1. The van der Waals surface area contributed by atoms with E-state index >= 15 is 0 Å². The van der Waals surface area contributed by atoms with Gasteiger partial charge in [-0.3, -0.25) is 13.8 Å². The molecule has 0 saturated carbocycles. The molecule has 148 valence electrons. The molecule has 0 fully saturated rings. The molecule has 4 aromatic rings. The second kappa shape index (κ2) is 8.81. The minimum Gasteiger partial charge on any atom is -0.486 e. The van der Waals surface area contributed by atoms with Gasteiger partial charge in [0.2, 0.25) is 0 Å². The molecule has 0 atom stereocenters. The number of thioether (sulfide) groups is 1. The number of aromatic nitrogens is 5. The highest BCUT2D eigenvalue weighted by atomic mass is 35.5. The van der Waals surface area contributed by atoms with Gasteiger partial charge in [0.15, 0.2) is 15.9 Å². The maximum absolute atomic E-state index is 12.1. The van der Waals surface area contributed by atoms with Gasteiger partial charge in [-0.25, -0.2) is 4.98 Å². The van der Waals surface area contributed by atoms with Gasteiger partial charge in [0, 0.05) is 35.0 Å². The number of hydrogen-bond acceptors (Lipinski definition) is 7. The van der Waals surface area contributed by atoms with Crippen molar-refractivity contribution in [2.75, 3.05) is 0 Å². The summed E-state index contributed by atoms with van der Waals surface area (Å²) in [6.45, 7) is 4.63. The second-order valence-electron chi connectivity index (χ2n) is 5.97. The summed E-state index contributed by atoms with van der Waals surface area (Å²) in [5.74, 6) is 1.89. The van der Waals surface area contributed by atoms with Crippen molar-refractivity contribution in [3.63, 3.8) is 0 Å². The van der Waals surface area contributed by atoms with Crippen molar-refractivity contribution in [1.82, 2.24) is 24.1 Å². The number of fused-ring (bicyclic) bond motifs is 1. The zero-order valence-electron chi connectivity index (χ0n) is 15.2. The van der Waals surface area contributed by atoms with Crippen molar-refractivity contribution >= 4 is 39.7 Å². The molecule has 0 aliphatic carbocycles. The van der Waals surface area contributed by atoms with E-state index in [-0.39, 0.29) is 12.2 Å². The van der Waals surface area contributed by atoms with Crippen molar-refractivity contribution in [1.29, 1.82) is 0 Å². The van der Waals surface area contributed by atoms with Crippen molar-refractivity contribution in [3.05, 3.63) is 81.5 Å². The van der Waals surface area contributed by atoms with Gasteiger partial charge in [0.1, 0.15) is 12.4 Å². The fraction of sp³-hybridized carbons (Fsp3) is 0.158. The SMILES string of the molecule is C=CCn1c(COc2ccc(Cl)cc2)nnc1SCc1cc(=O)n2ccsc2n1. The molecular weight excluding hydrogens is 430 g/mol. The van der Waals surface area contributed by atoms with E-state index in [0.717, 1.165) is 0 Å². The molecule has 4 rings (SSSR count). The molecule has 3 aromatic heterocycles. The number of rotatable bonds is 8. The molecule has 0 spiro atoms. The lowest BCUT2D eigenvalue weighted by Crippen LogP contribution is -2.12. The normalized spacial score (nSPS) is 11.1. The molecule has 3 heterocycles. The lowest BCUT2D eigenvalue weighted by molar-refractivity contribution is 0.289. The smallest absolute Gasteiger partial charge is 0.258 e. The second-order valence-corrected chi connectivity index (χ2v) is 8.22. The number of allylic oxidation sites excluding steroid dienone is 1. The minimum absolute atomic E-state index is 0.0866.